The summed E-state index contributed by atoms with van der Waals surface area (Å²) in [6.07, 6.45) is 6.96. The van der Waals surface area contributed by atoms with Gasteiger partial charge in [-0.25, -0.2) is 0 Å². The summed E-state index contributed by atoms with van der Waals surface area (Å²) < 4.78 is 2.05. The number of aryl methyl sites for hydroxylation is 1. The van der Waals surface area contributed by atoms with Crippen LogP contribution in [-0.4, -0.2) is 39.8 Å². The van der Waals surface area contributed by atoms with Gasteiger partial charge in [-0.05, 0) is 50.6 Å². The van der Waals surface area contributed by atoms with Crippen molar-refractivity contribution < 1.29 is 0 Å². The molecule has 1 aliphatic heterocycles. The molecule has 118 valence electrons. The van der Waals surface area contributed by atoms with Gasteiger partial charge in [-0.1, -0.05) is 6.07 Å². The minimum Gasteiger partial charge on any atom is -0.311 e. The highest BCUT2D eigenvalue weighted by Crippen LogP contribution is 2.35. The van der Waals surface area contributed by atoms with Crippen molar-refractivity contribution in [3.63, 3.8) is 0 Å². The van der Waals surface area contributed by atoms with Crippen LogP contribution in [0.4, 0.5) is 0 Å². The quantitative estimate of drug-likeness (QED) is 0.887. The molecule has 1 N–H and O–H groups in total. The number of nitrogens with zero attached hydrogens (tertiary/aromatic N) is 4. The second-order valence-electron chi connectivity index (χ2n) is 6.03. The topological polar surface area (TPSA) is 46.0 Å². The molecule has 2 aromatic rings. The fourth-order valence-electron chi connectivity index (χ4n) is 3.50. The minimum atomic E-state index is 0.470. The van der Waals surface area contributed by atoms with Gasteiger partial charge in [0.2, 0.25) is 0 Å². The predicted molar refractivity (Wildman–Crippen MR) is 87.3 cm³/mol. The van der Waals surface area contributed by atoms with E-state index in [1.165, 1.54) is 17.7 Å². The van der Waals surface area contributed by atoms with Gasteiger partial charge in [0.25, 0.3) is 0 Å². The van der Waals surface area contributed by atoms with Crippen LogP contribution in [0.3, 0.4) is 0 Å². The number of likely N-dealkylation sites (tertiary alicyclic amines) is 1. The zero-order chi connectivity index (χ0) is 15.4. The molecule has 0 aromatic carbocycles. The average Bonchev–Trinajstić information content (AvgIpc) is 3.15. The van der Waals surface area contributed by atoms with Crippen LogP contribution in [0.2, 0.25) is 0 Å². The zero-order valence-electron chi connectivity index (χ0n) is 13.4. The van der Waals surface area contributed by atoms with E-state index in [1.807, 2.05) is 29.3 Å². The maximum absolute atomic E-state index is 4.32. The Kier molecular flexibility index (Phi) is 4.85. The van der Waals surface area contributed by atoms with E-state index in [1.54, 1.807) is 0 Å². The lowest BCUT2D eigenvalue weighted by Gasteiger charge is -2.25. The zero-order valence-corrected chi connectivity index (χ0v) is 13.4. The van der Waals surface area contributed by atoms with Crippen molar-refractivity contribution in [2.45, 2.75) is 32.5 Å². The molecule has 2 atom stereocenters. The summed E-state index contributed by atoms with van der Waals surface area (Å²) in [4.78, 5) is 6.73. The van der Waals surface area contributed by atoms with Gasteiger partial charge in [0.05, 0.1) is 5.69 Å². The van der Waals surface area contributed by atoms with Crippen LogP contribution >= 0.6 is 0 Å². The number of pyridine rings is 1. The highest BCUT2D eigenvalue weighted by atomic mass is 15.3. The van der Waals surface area contributed by atoms with Crippen molar-refractivity contribution in [3.05, 3.63) is 48.0 Å². The predicted octanol–water partition coefficient (Wildman–Crippen LogP) is 2.08. The van der Waals surface area contributed by atoms with Gasteiger partial charge in [-0.15, -0.1) is 0 Å². The van der Waals surface area contributed by atoms with E-state index in [4.69, 9.17) is 0 Å². The Morgan fingerprint density at radius 1 is 1.32 bits per heavy atom. The molecule has 3 heterocycles. The molecule has 5 heteroatoms. The molecule has 22 heavy (non-hydrogen) atoms. The van der Waals surface area contributed by atoms with Crippen molar-refractivity contribution >= 4 is 0 Å². The molecule has 0 saturated carbocycles. The van der Waals surface area contributed by atoms with Crippen molar-refractivity contribution in [2.24, 2.45) is 5.92 Å². The van der Waals surface area contributed by atoms with Crippen LogP contribution in [0, 0.1) is 5.92 Å². The fourth-order valence-corrected chi connectivity index (χ4v) is 3.50. The summed E-state index contributed by atoms with van der Waals surface area (Å²) in [7, 11) is 2.21. The lowest BCUT2D eigenvalue weighted by molar-refractivity contribution is 0.271. The molecular weight excluding hydrogens is 274 g/mol. The Labute approximate surface area is 132 Å². The van der Waals surface area contributed by atoms with Gasteiger partial charge in [-0.2, -0.15) is 5.10 Å². The van der Waals surface area contributed by atoms with Crippen molar-refractivity contribution in [3.8, 4) is 0 Å². The van der Waals surface area contributed by atoms with Crippen LogP contribution < -0.4 is 5.32 Å². The first-order valence-corrected chi connectivity index (χ1v) is 8.11. The van der Waals surface area contributed by atoms with Crippen molar-refractivity contribution in [1.82, 2.24) is 25.0 Å². The molecule has 0 radical (unpaired) electrons. The summed E-state index contributed by atoms with van der Waals surface area (Å²) in [6.45, 7) is 6.11. The normalized spacial score (nSPS) is 22.3. The first-order valence-electron chi connectivity index (χ1n) is 8.11. The molecule has 0 aliphatic carbocycles. The molecular formula is C17H25N5. The maximum atomic E-state index is 4.32. The number of hydrogen-bond donors (Lipinski definition) is 1. The summed E-state index contributed by atoms with van der Waals surface area (Å²) in [5.41, 5.74) is 2.58. The van der Waals surface area contributed by atoms with Gasteiger partial charge < -0.3 is 5.32 Å². The first kappa shape index (κ1) is 15.2. The highest BCUT2D eigenvalue weighted by molar-refractivity contribution is 5.17. The van der Waals surface area contributed by atoms with E-state index in [2.05, 4.69) is 46.4 Å². The van der Waals surface area contributed by atoms with E-state index in [0.717, 1.165) is 26.2 Å². The van der Waals surface area contributed by atoms with Gasteiger partial charge in [-0.3, -0.25) is 14.6 Å². The number of hydrogen-bond acceptors (Lipinski definition) is 4. The maximum Gasteiger partial charge on any atom is 0.0521 e. The first-order chi connectivity index (χ1) is 10.8. The third-order valence-electron chi connectivity index (χ3n) is 4.62. The lowest BCUT2D eigenvalue weighted by atomic mass is 9.95. The van der Waals surface area contributed by atoms with Gasteiger partial charge in [0, 0.05) is 44.3 Å². The molecule has 0 bridgehead atoms. The molecule has 3 rings (SSSR count). The Bertz CT molecular complexity index is 580. The fraction of sp³-hybridized carbons (Fsp3) is 0.529. The van der Waals surface area contributed by atoms with Gasteiger partial charge in [0.15, 0.2) is 0 Å². The molecule has 5 nitrogen and oxygen atoms in total. The van der Waals surface area contributed by atoms with Crippen LogP contribution in [0.15, 0.2) is 36.8 Å². The summed E-state index contributed by atoms with van der Waals surface area (Å²) >= 11 is 0. The van der Waals surface area contributed by atoms with E-state index < -0.39 is 0 Å². The van der Waals surface area contributed by atoms with E-state index in [0.29, 0.717) is 12.0 Å². The summed E-state index contributed by atoms with van der Waals surface area (Å²) in [5, 5.41) is 7.94. The molecule has 1 aliphatic rings. The Hall–Kier alpha value is -1.72. The van der Waals surface area contributed by atoms with E-state index in [-0.39, 0.29) is 0 Å². The van der Waals surface area contributed by atoms with Crippen LogP contribution in [0.5, 0.6) is 0 Å². The molecule has 1 fully saturated rings. The second-order valence-corrected chi connectivity index (χ2v) is 6.03. The molecule has 1 saturated heterocycles. The van der Waals surface area contributed by atoms with Crippen molar-refractivity contribution in [2.75, 3.05) is 20.1 Å². The third kappa shape index (κ3) is 3.20. The standard InChI is InChI=1S/C17H25N5/c1-3-22-16(6-9-20-22)13-19-12-15-7-10-21(2)17(15)14-5-4-8-18-11-14/h4-6,8-9,11,15,17,19H,3,7,10,12-13H2,1-2H3/t15-,17-/m0/s1. The van der Waals surface area contributed by atoms with Gasteiger partial charge >= 0.3 is 0 Å². The van der Waals surface area contributed by atoms with Gasteiger partial charge in [0.1, 0.15) is 0 Å². The summed E-state index contributed by atoms with van der Waals surface area (Å²) in [6, 6.07) is 6.79. The Morgan fingerprint density at radius 3 is 3.00 bits per heavy atom. The van der Waals surface area contributed by atoms with Crippen LogP contribution in [0.1, 0.15) is 30.6 Å². The number of rotatable bonds is 6. The molecule has 2 aromatic heterocycles. The SMILES string of the molecule is CCn1nccc1CNC[C@@H]1CCN(C)[C@H]1c1cccnc1. The third-order valence-corrected chi connectivity index (χ3v) is 4.62. The summed E-state index contributed by atoms with van der Waals surface area (Å²) in [5.74, 6) is 0.632. The largest absolute Gasteiger partial charge is 0.311 e. The highest BCUT2D eigenvalue weighted by Gasteiger charge is 2.32. The van der Waals surface area contributed by atoms with E-state index in [9.17, 15) is 0 Å². The monoisotopic (exact) mass is 299 g/mol. The molecule has 0 unspecified atom stereocenters. The van der Waals surface area contributed by atoms with Crippen LogP contribution in [0.25, 0.3) is 0 Å². The van der Waals surface area contributed by atoms with Crippen LogP contribution in [-0.2, 0) is 13.1 Å². The number of aromatic nitrogens is 3. The lowest BCUT2D eigenvalue weighted by Crippen LogP contribution is -2.29. The Morgan fingerprint density at radius 2 is 2.23 bits per heavy atom. The average molecular weight is 299 g/mol. The smallest absolute Gasteiger partial charge is 0.0521 e. The Balaban J connectivity index is 1.60. The molecule has 0 amide bonds. The second kappa shape index (κ2) is 7.03. The number of nitrogens with one attached hydrogen (secondary N) is 1. The van der Waals surface area contributed by atoms with Crippen molar-refractivity contribution in [1.29, 1.82) is 0 Å². The molecule has 0 spiro atoms. The minimum absolute atomic E-state index is 0.470. The van der Waals surface area contributed by atoms with E-state index >= 15 is 0 Å².